The number of amides is 1. The van der Waals surface area contributed by atoms with Crippen molar-refractivity contribution in [2.24, 2.45) is 0 Å². The molecule has 0 aromatic heterocycles. The lowest BCUT2D eigenvalue weighted by Crippen LogP contribution is -2.37. The molecule has 2 atom stereocenters. The number of halogens is 2. The zero-order valence-electron chi connectivity index (χ0n) is 10.1. The molecular weight excluding hydrogens is 362 g/mol. The van der Waals surface area contributed by atoms with Crippen LogP contribution in [0.15, 0.2) is 22.7 Å². The van der Waals surface area contributed by atoms with E-state index in [1.165, 1.54) is 0 Å². The summed E-state index contributed by atoms with van der Waals surface area (Å²) < 4.78 is 5.92. The highest BCUT2D eigenvalue weighted by atomic mass is 79.9. The average Bonchev–Trinajstić information content (AvgIpc) is 2.75. The fraction of sp³-hybridized carbons (Fsp3) is 0.462. The fourth-order valence-electron chi connectivity index (χ4n) is 2.13. The van der Waals surface area contributed by atoms with Gasteiger partial charge in [-0.25, -0.2) is 0 Å². The topological polar surface area (TPSA) is 38.3 Å². The molecule has 1 aliphatic rings. The Morgan fingerprint density at radius 3 is 2.83 bits per heavy atom. The maximum Gasteiger partial charge on any atom is 0.252 e. The van der Waals surface area contributed by atoms with E-state index < -0.39 is 0 Å². The molecule has 0 heterocycles. The van der Waals surface area contributed by atoms with Crippen LogP contribution in [0.4, 0.5) is 0 Å². The highest BCUT2D eigenvalue weighted by Gasteiger charge is 2.27. The number of nitrogens with one attached hydrogen (secondary N) is 1. The van der Waals surface area contributed by atoms with Crippen molar-refractivity contribution in [3.8, 4) is 5.75 Å². The molecule has 5 heteroatoms. The molecule has 2 rings (SSSR count). The summed E-state index contributed by atoms with van der Waals surface area (Å²) in [7, 11) is 1.59. The largest absolute Gasteiger partial charge is 0.497 e. The molecule has 1 aromatic rings. The predicted octanol–water partition coefficient (Wildman–Crippen LogP) is 3.50. The molecule has 18 heavy (non-hydrogen) atoms. The summed E-state index contributed by atoms with van der Waals surface area (Å²) >= 11 is 7.00. The van der Waals surface area contributed by atoms with E-state index in [1.807, 2.05) is 12.1 Å². The van der Waals surface area contributed by atoms with Crippen LogP contribution >= 0.6 is 31.9 Å². The van der Waals surface area contributed by atoms with E-state index in [0.717, 1.165) is 23.7 Å². The minimum Gasteiger partial charge on any atom is -0.497 e. The van der Waals surface area contributed by atoms with Gasteiger partial charge >= 0.3 is 0 Å². The molecule has 3 nitrogen and oxygen atoms in total. The molecule has 98 valence electrons. The third-order valence-corrected chi connectivity index (χ3v) is 4.95. The number of benzene rings is 1. The smallest absolute Gasteiger partial charge is 0.252 e. The number of hydrogen-bond donors (Lipinski definition) is 1. The van der Waals surface area contributed by atoms with E-state index in [-0.39, 0.29) is 11.9 Å². The number of methoxy groups -OCH3 is 1. The predicted molar refractivity (Wildman–Crippen MR) is 78.5 cm³/mol. The fourth-order valence-corrected chi connectivity index (χ4v) is 3.28. The molecule has 1 amide bonds. The Balaban J connectivity index is 2.12. The normalized spacial score (nSPS) is 22.8. The van der Waals surface area contributed by atoms with Gasteiger partial charge in [-0.15, -0.1) is 0 Å². The molecule has 1 saturated carbocycles. The average molecular weight is 377 g/mol. The number of rotatable bonds is 3. The van der Waals surface area contributed by atoms with Crippen molar-refractivity contribution in [2.75, 3.05) is 7.11 Å². The molecule has 2 unspecified atom stereocenters. The lowest BCUT2D eigenvalue weighted by molar-refractivity contribution is 0.0938. The maximum absolute atomic E-state index is 12.2. The lowest BCUT2D eigenvalue weighted by atomic mass is 10.1. The first kappa shape index (κ1) is 13.9. The van der Waals surface area contributed by atoms with Crippen LogP contribution in [0, 0.1) is 0 Å². The van der Waals surface area contributed by atoms with Crippen LogP contribution in [0.5, 0.6) is 5.75 Å². The van der Waals surface area contributed by atoms with Crippen LogP contribution in [0.3, 0.4) is 0 Å². The Morgan fingerprint density at radius 1 is 1.44 bits per heavy atom. The van der Waals surface area contributed by atoms with Crippen LogP contribution in [0.25, 0.3) is 0 Å². The number of carbonyl (C=O) groups is 1. The van der Waals surface area contributed by atoms with Crippen molar-refractivity contribution in [1.82, 2.24) is 5.32 Å². The van der Waals surface area contributed by atoms with E-state index >= 15 is 0 Å². The van der Waals surface area contributed by atoms with Crippen molar-refractivity contribution < 1.29 is 9.53 Å². The summed E-state index contributed by atoms with van der Waals surface area (Å²) in [5.74, 6) is 0.627. The van der Waals surface area contributed by atoms with E-state index in [4.69, 9.17) is 4.74 Å². The SMILES string of the molecule is COc1ccc(Br)c(C(=O)NC2CCCC2Br)c1. The van der Waals surface area contributed by atoms with E-state index in [1.54, 1.807) is 13.2 Å². The molecule has 0 bridgehead atoms. The summed E-state index contributed by atoms with van der Waals surface area (Å²) in [4.78, 5) is 12.6. The van der Waals surface area contributed by atoms with E-state index in [0.29, 0.717) is 16.1 Å². The number of alkyl halides is 1. The second-order valence-corrected chi connectivity index (χ2v) is 6.40. The summed E-state index contributed by atoms with van der Waals surface area (Å²) in [6, 6.07) is 5.62. The molecule has 0 saturated heterocycles. The van der Waals surface area contributed by atoms with Crippen LogP contribution in [0.1, 0.15) is 29.6 Å². The second kappa shape index (κ2) is 6.06. The Hall–Kier alpha value is -0.550. The second-order valence-electron chi connectivity index (χ2n) is 4.37. The Kier molecular flexibility index (Phi) is 4.67. The number of carbonyl (C=O) groups excluding carboxylic acids is 1. The number of ether oxygens (including phenoxy) is 1. The van der Waals surface area contributed by atoms with Crippen molar-refractivity contribution >= 4 is 37.8 Å². The van der Waals surface area contributed by atoms with Gasteiger partial charge in [0, 0.05) is 15.3 Å². The number of hydrogen-bond acceptors (Lipinski definition) is 2. The van der Waals surface area contributed by atoms with Gasteiger partial charge in [0.15, 0.2) is 0 Å². The van der Waals surface area contributed by atoms with Gasteiger partial charge in [-0.1, -0.05) is 22.4 Å². The first-order valence-corrected chi connectivity index (χ1v) is 7.61. The Labute approximate surface area is 124 Å². The van der Waals surface area contributed by atoms with Gasteiger partial charge in [-0.05, 0) is 47.0 Å². The van der Waals surface area contributed by atoms with Crippen molar-refractivity contribution in [3.63, 3.8) is 0 Å². The van der Waals surface area contributed by atoms with Crippen molar-refractivity contribution in [3.05, 3.63) is 28.2 Å². The Morgan fingerprint density at radius 2 is 2.22 bits per heavy atom. The van der Waals surface area contributed by atoms with Crippen LogP contribution < -0.4 is 10.1 Å². The quantitative estimate of drug-likeness (QED) is 0.820. The Bertz CT molecular complexity index is 451. The van der Waals surface area contributed by atoms with Gasteiger partial charge in [0.25, 0.3) is 5.91 Å². The summed E-state index contributed by atoms with van der Waals surface area (Å²) in [5.41, 5.74) is 0.612. The molecule has 1 aliphatic carbocycles. The molecule has 0 spiro atoms. The van der Waals surface area contributed by atoms with Crippen LogP contribution in [-0.2, 0) is 0 Å². The standard InChI is InChI=1S/C13H15Br2NO2/c1-18-8-5-6-10(14)9(7-8)13(17)16-12-4-2-3-11(12)15/h5-7,11-12H,2-4H2,1H3,(H,16,17). The van der Waals surface area contributed by atoms with Gasteiger partial charge in [0.05, 0.1) is 12.7 Å². The van der Waals surface area contributed by atoms with Crippen LogP contribution in [-0.4, -0.2) is 23.9 Å². The lowest BCUT2D eigenvalue weighted by Gasteiger charge is -2.17. The first-order chi connectivity index (χ1) is 8.61. The van der Waals surface area contributed by atoms with Crippen LogP contribution in [0.2, 0.25) is 0 Å². The monoisotopic (exact) mass is 375 g/mol. The molecule has 0 radical (unpaired) electrons. The summed E-state index contributed by atoms with van der Waals surface area (Å²) in [5, 5.41) is 3.07. The van der Waals surface area contributed by atoms with E-state index in [9.17, 15) is 4.79 Å². The van der Waals surface area contributed by atoms with Crippen molar-refractivity contribution in [1.29, 1.82) is 0 Å². The van der Waals surface area contributed by atoms with Gasteiger partial charge in [0.2, 0.25) is 0 Å². The molecular formula is C13H15Br2NO2. The summed E-state index contributed by atoms with van der Waals surface area (Å²) in [6.45, 7) is 0. The zero-order valence-corrected chi connectivity index (χ0v) is 13.3. The molecule has 1 aromatic carbocycles. The molecule has 1 N–H and O–H groups in total. The first-order valence-electron chi connectivity index (χ1n) is 5.90. The maximum atomic E-state index is 12.2. The van der Waals surface area contributed by atoms with Crippen molar-refractivity contribution in [2.45, 2.75) is 30.1 Å². The molecule has 0 aliphatic heterocycles. The third kappa shape index (κ3) is 3.06. The minimum atomic E-state index is -0.0582. The van der Waals surface area contributed by atoms with Gasteiger partial charge in [-0.2, -0.15) is 0 Å². The summed E-state index contributed by atoms with van der Waals surface area (Å²) in [6.07, 6.45) is 3.30. The van der Waals surface area contributed by atoms with Gasteiger partial charge < -0.3 is 10.1 Å². The zero-order chi connectivity index (χ0) is 13.1. The highest BCUT2D eigenvalue weighted by molar-refractivity contribution is 9.10. The van der Waals surface area contributed by atoms with Gasteiger partial charge in [0.1, 0.15) is 5.75 Å². The minimum absolute atomic E-state index is 0.0582. The van der Waals surface area contributed by atoms with E-state index in [2.05, 4.69) is 37.2 Å². The third-order valence-electron chi connectivity index (χ3n) is 3.17. The molecule has 1 fully saturated rings. The van der Waals surface area contributed by atoms with Gasteiger partial charge in [-0.3, -0.25) is 4.79 Å². The highest BCUT2D eigenvalue weighted by Crippen LogP contribution is 2.27.